The van der Waals surface area contributed by atoms with Crippen molar-refractivity contribution in [1.82, 2.24) is 14.8 Å². The number of aromatic nitrogens is 3. The maximum atomic E-state index is 4.38. The molecule has 0 atom stereocenters. The predicted molar refractivity (Wildman–Crippen MR) is 62.8 cm³/mol. The molecule has 0 aliphatic carbocycles. The zero-order valence-electron chi connectivity index (χ0n) is 9.06. The van der Waals surface area contributed by atoms with E-state index in [1.807, 2.05) is 36.7 Å². The summed E-state index contributed by atoms with van der Waals surface area (Å²) in [5, 5.41) is 4.38. The number of nitrogens with zero attached hydrogens (tertiary/aromatic N) is 3. The first-order chi connectivity index (χ1) is 6.66. The summed E-state index contributed by atoms with van der Waals surface area (Å²) < 4.78 is 1.86. The molecular formula is C11H14ClN3. The lowest BCUT2D eigenvalue weighted by Crippen LogP contribution is -2.01. The number of hydrogen-bond acceptors (Lipinski definition) is 2. The van der Waals surface area contributed by atoms with Gasteiger partial charge in [-0.15, -0.1) is 12.4 Å². The first kappa shape index (κ1) is 11.7. The highest BCUT2D eigenvalue weighted by Gasteiger charge is 2.03. The Morgan fingerprint density at radius 2 is 1.87 bits per heavy atom. The maximum Gasteiger partial charge on any atom is 0.153 e. The third kappa shape index (κ3) is 2.36. The summed E-state index contributed by atoms with van der Waals surface area (Å²) in [6.07, 6.45) is 1.81. The normalized spacial score (nSPS) is 9.80. The smallest absolute Gasteiger partial charge is 0.153 e. The SMILES string of the molecule is Cc1ccnc(-n2nc(C)cc2C)c1.Cl. The van der Waals surface area contributed by atoms with E-state index in [2.05, 4.69) is 17.0 Å². The monoisotopic (exact) mass is 223 g/mol. The summed E-state index contributed by atoms with van der Waals surface area (Å²) >= 11 is 0. The number of pyridine rings is 1. The van der Waals surface area contributed by atoms with Gasteiger partial charge >= 0.3 is 0 Å². The lowest BCUT2D eigenvalue weighted by atomic mass is 10.3. The molecule has 0 spiro atoms. The van der Waals surface area contributed by atoms with Gasteiger partial charge in [0.15, 0.2) is 5.82 Å². The van der Waals surface area contributed by atoms with Crippen LogP contribution in [0, 0.1) is 20.8 Å². The Balaban J connectivity index is 0.00000112. The van der Waals surface area contributed by atoms with Gasteiger partial charge in [-0.2, -0.15) is 5.10 Å². The minimum Gasteiger partial charge on any atom is -0.237 e. The Hall–Kier alpha value is -1.35. The summed E-state index contributed by atoms with van der Waals surface area (Å²) in [5.41, 5.74) is 3.33. The summed E-state index contributed by atoms with van der Waals surface area (Å²) in [7, 11) is 0. The van der Waals surface area contributed by atoms with Gasteiger partial charge in [0.25, 0.3) is 0 Å². The lowest BCUT2D eigenvalue weighted by molar-refractivity contribution is 0.805. The van der Waals surface area contributed by atoms with Crippen LogP contribution in [-0.2, 0) is 0 Å². The molecule has 0 amide bonds. The van der Waals surface area contributed by atoms with E-state index in [-0.39, 0.29) is 12.4 Å². The molecule has 0 aliphatic rings. The minimum atomic E-state index is 0. The molecule has 2 aromatic heterocycles. The molecule has 0 aromatic carbocycles. The molecule has 3 nitrogen and oxygen atoms in total. The van der Waals surface area contributed by atoms with Gasteiger partial charge in [-0.25, -0.2) is 9.67 Å². The van der Waals surface area contributed by atoms with Crippen LogP contribution < -0.4 is 0 Å². The van der Waals surface area contributed by atoms with Gasteiger partial charge in [-0.1, -0.05) is 0 Å². The number of hydrogen-bond donors (Lipinski definition) is 0. The Morgan fingerprint density at radius 1 is 1.13 bits per heavy atom. The van der Waals surface area contributed by atoms with E-state index < -0.39 is 0 Å². The fraction of sp³-hybridized carbons (Fsp3) is 0.273. The average Bonchev–Trinajstić information content (AvgIpc) is 2.45. The van der Waals surface area contributed by atoms with Crippen molar-refractivity contribution in [2.45, 2.75) is 20.8 Å². The highest BCUT2D eigenvalue weighted by Crippen LogP contribution is 2.10. The quantitative estimate of drug-likeness (QED) is 0.744. The fourth-order valence-electron chi connectivity index (χ4n) is 1.50. The van der Waals surface area contributed by atoms with Gasteiger partial charge in [0, 0.05) is 11.9 Å². The van der Waals surface area contributed by atoms with E-state index in [1.165, 1.54) is 5.56 Å². The molecule has 0 fully saturated rings. The second-order valence-electron chi connectivity index (χ2n) is 3.53. The first-order valence-electron chi connectivity index (χ1n) is 4.63. The average molecular weight is 224 g/mol. The molecule has 2 rings (SSSR count). The molecule has 4 heteroatoms. The van der Waals surface area contributed by atoms with Crippen LogP contribution in [0.5, 0.6) is 0 Å². The molecule has 0 saturated carbocycles. The van der Waals surface area contributed by atoms with Gasteiger partial charge < -0.3 is 0 Å². The van der Waals surface area contributed by atoms with E-state index in [4.69, 9.17) is 0 Å². The molecule has 0 N–H and O–H groups in total. The van der Waals surface area contributed by atoms with Crippen LogP contribution in [-0.4, -0.2) is 14.8 Å². The third-order valence-corrected chi connectivity index (χ3v) is 2.13. The molecule has 0 bridgehead atoms. The van der Waals surface area contributed by atoms with Crippen LogP contribution in [0.15, 0.2) is 24.4 Å². The van der Waals surface area contributed by atoms with Crippen molar-refractivity contribution < 1.29 is 0 Å². The van der Waals surface area contributed by atoms with Gasteiger partial charge in [-0.05, 0) is 44.5 Å². The van der Waals surface area contributed by atoms with Gasteiger partial charge in [-0.3, -0.25) is 0 Å². The summed E-state index contributed by atoms with van der Waals surface area (Å²) in [6, 6.07) is 6.05. The second kappa shape index (κ2) is 4.45. The molecule has 0 radical (unpaired) electrons. The Morgan fingerprint density at radius 3 is 2.40 bits per heavy atom. The Bertz CT molecular complexity index is 463. The highest BCUT2D eigenvalue weighted by atomic mass is 35.5. The molecule has 0 saturated heterocycles. The van der Waals surface area contributed by atoms with E-state index in [9.17, 15) is 0 Å². The van der Waals surface area contributed by atoms with E-state index in [0.29, 0.717) is 0 Å². The van der Waals surface area contributed by atoms with Crippen molar-refractivity contribution in [3.8, 4) is 5.82 Å². The maximum absolute atomic E-state index is 4.38. The Labute approximate surface area is 95.6 Å². The van der Waals surface area contributed by atoms with Gasteiger partial charge in [0.1, 0.15) is 0 Å². The second-order valence-corrected chi connectivity index (χ2v) is 3.53. The third-order valence-electron chi connectivity index (χ3n) is 2.13. The number of aryl methyl sites for hydroxylation is 3. The summed E-state index contributed by atoms with van der Waals surface area (Å²) in [6.45, 7) is 6.07. The first-order valence-corrected chi connectivity index (χ1v) is 4.63. The fourth-order valence-corrected chi connectivity index (χ4v) is 1.50. The Kier molecular flexibility index (Phi) is 3.48. The largest absolute Gasteiger partial charge is 0.237 e. The highest BCUT2D eigenvalue weighted by molar-refractivity contribution is 5.85. The van der Waals surface area contributed by atoms with Crippen molar-refractivity contribution in [2.75, 3.05) is 0 Å². The van der Waals surface area contributed by atoms with Gasteiger partial charge in [0.05, 0.1) is 5.69 Å². The molecule has 0 unspecified atom stereocenters. The predicted octanol–water partition coefficient (Wildman–Crippen LogP) is 2.61. The number of halogens is 1. The topological polar surface area (TPSA) is 30.7 Å². The van der Waals surface area contributed by atoms with Crippen molar-refractivity contribution in [1.29, 1.82) is 0 Å². The van der Waals surface area contributed by atoms with Crippen LogP contribution in [0.4, 0.5) is 0 Å². The zero-order valence-corrected chi connectivity index (χ0v) is 9.88. The van der Waals surface area contributed by atoms with Crippen LogP contribution >= 0.6 is 12.4 Å². The van der Waals surface area contributed by atoms with Crippen molar-refractivity contribution in [2.24, 2.45) is 0 Å². The molecule has 80 valence electrons. The lowest BCUT2D eigenvalue weighted by Gasteiger charge is -2.03. The zero-order chi connectivity index (χ0) is 10.1. The summed E-state index contributed by atoms with van der Waals surface area (Å²) in [4.78, 5) is 4.28. The van der Waals surface area contributed by atoms with Crippen molar-refractivity contribution in [3.05, 3.63) is 41.3 Å². The van der Waals surface area contributed by atoms with Crippen LogP contribution in [0.3, 0.4) is 0 Å². The summed E-state index contributed by atoms with van der Waals surface area (Å²) in [5.74, 6) is 0.885. The van der Waals surface area contributed by atoms with Crippen molar-refractivity contribution >= 4 is 12.4 Å². The number of rotatable bonds is 1. The standard InChI is InChI=1S/C11H13N3.ClH/c1-8-4-5-12-11(6-8)14-10(3)7-9(2)13-14;/h4-7H,1-3H3;1H. The van der Waals surface area contributed by atoms with Crippen LogP contribution in [0.2, 0.25) is 0 Å². The van der Waals surface area contributed by atoms with Crippen LogP contribution in [0.25, 0.3) is 5.82 Å². The van der Waals surface area contributed by atoms with E-state index >= 15 is 0 Å². The van der Waals surface area contributed by atoms with Crippen LogP contribution in [0.1, 0.15) is 17.0 Å². The molecule has 0 aliphatic heterocycles. The van der Waals surface area contributed by atoms with Crippen molar-refractivity contribution in [3.63, 3.8) is 0 Å². The van der Waals surface area contributed by atoms with E-state index in [1.54, 1.807) is 6.20 Å². The molecule has 15 heavy (non-hydrogen) atoms. The molecule has 2 heterocycles. The minimum absolute atomic E-state index is 0. The van der Waals surface area contributed by atoms with Gasteiger partial charge in [0.2, 0.25) is 0 Å². The van der Waals surface area contributed by atoms with E-state index in [0.717, 1.165) is 17.2 Å². The molecular weight excluding hydrogens is 210 g/mol. The molecule has 2 aromatic rings.